The number of imide groups is 1. The highest BCUT2D eigenvalue weighted by Crippen LogP contribution is 2.25. The summed E-state index contributed by atoms with van der Waals surface area (Å²) in [6, 6.07) is 16.8. The monoisotopic (exact) mass is 391 g/mol. The quantitative estimate of drug-likeness (QED) is 0.673. The van der Waals surface area contributed by atoms with Crippen LogP contribution in [0.3, 0.4) is 0 Å². The lowest BCUT2D eigenvalue weighted by molar-refractivity contribution is -0.139. The lowest BCUT2D eigenvalue weighted by atomic mass is 10.2. The van der Waals surface area contributed by atoms with Gasteiger partial charge in [-0.1, -0.05) is 42.5 Å². The molecule has 7 heteroatoms. The Morgan fingerprint density at radius 2 is 1.68 bits per heavy atom. The maximum absolute atomic E-state index is 12.5. The number of nitrogens with zero attached hydrogens (tertiary/aromatic N) is 2. The Morgan fingerprint density at radius 3 is 2.36 bits per heavy atom. The molecule has 2 aromatic carbocycles. The molecule has 4 rings (SSSR count). The van der Waals surface area contributed by atoms with Gasteiger partial charge in [-0.2, -0.15) is 0 Å². The average Bonchev–Trinajstić information content (AvgIpc) is 3.33. The van der Waals surface area contributed by atoms with Crippen molar-refractivity contribution in [2.24, 2.45) is 0 Å². The minimum atomic E-state index is -0.225. The average molecular weight is 391 g/mol. The number of hydrogen-bond acceptors (Lipinski definition) is 5. The van der Waals surface area contributed by atoms with E-state index in [0.29, 0.717) is 10.6 Å². The molecule has 0 bridgehead atoms. The van der Waals surface area contributed by atoms with Gasteiger partial charge in [0.05, 0.1) is 12.7 Å². The molecule has 1 saturated heterocycles. The van der Waals surface area contributed by atoms with Gasteiger partial charge in [-0.05, 0) is 17.7 Å². The molecule has 6 nitrogen and oxygen atoms in total. The van der Waals surface area contributed by atoms with Crippen LogP contribution in [0.2, 0.25) is 0 Å². The van der Waals surface area contributed by atoms with Gasteiger partial charge in [0.1, 0.15) is 9.88 Å². The maximum atomic E-state index is 12.5. The van der Waals surface area contributed by atoms with Crippen molar-refractivity contribution in [2.75, 3.05) is 5.32 Å². The predicted molar refractivity (Wildman–Crippen MR) is 107 cm³/mol. The zero-order chi connectivity index (χ0) is 19.5. The highest BCUT2D eigenvalue weighted by atomic mass is 32.1. The summed E-state index contributed by atoms with van der Waals surface area (Å²) in [5.74, 6) is -0.499. The smallest absolute Gasteiger partial charge is 0.267 e. The second-order valence-corrected chi connectivity index (χ2v) is 7.45. The van der Waals surface area contributed by atoms with E-state index in [1.54, 1.807) is 30.5 Å². The van der Waals surface area contributed by atoms with E-state index >= 15 is 0 Å². The molecule has 1 aliphatic heterocycles. The first-order valence-electron chi connectivity index (χ1n) is 8.85. The molecule has 0 atom stereocenters. The van der Waals surface area contributed by atoms with Crippen LogP contribution in [-0.2, 0) is 16.1 Å². The Labute approximate surface area is 165 Å². The summed E-state index contributed by atoms with van der Waals surface area (Å²) in [6.07, 6.45) is 2.14. The van der Waals surface area contributed by atoms with Gasteiger partial charge in [-0.15, -0.1) is 11.3 Å². The van der Waals surface area contributed by atoms with Crippen LogP contribution in [-0.4, -0.2) is 27.6 Å². The number of thiazole rings is 1. The minimum absolute atomic E-state index is 0.137. The minimum Gasteiger partial charge on any atom is -0.321 e. The molecule has 1 N–H and O–H groups in total. The highest BCUT2D eigenvalue weighted by Gasteiger charge is 2.28. The van der Waals surface area contributed by atoms with E-state index in [9.17, 15) is 14.4 Å². The number of likely N-dealkylation sites (tertiary alicyclic amines) is 1. The Hall–Kier alpha value is -3.32. The van der Waals surface area contributed by atoms with Crippen molar-refractivity contribution in [3.8, 4) is 10.6 Å². The Kier molecular flexibility index (Phi) is 4.99. The summed E-state index contributed by atoms with van der Waals surface area (Å²) in [7, 11) is 0. The first-order chi connectivity index (χ1) is 13.6. The number of carbonyl (C=O) groups excluding carboxylic acids is 3. The van der Waals surface area contributed by atoms with E-state index < -0.39 is 0 Å². The SMILES string of the molecule is O=C(Nc1ccc(CN2C(=O)CCC2=O)cc1)c1cnc(-c2ccccc2)s1. The number of rotatable bonds is 5. The first kappa shape index (κ1) is 18.1. The first-order valence-corrected chi connectivity index (χ1v) is 9.66. The summed E-state index contributed by atoms with van der Waals surface area (Å²) < 4.78 is 0. The van der Waals surface area contributed by atoms with Gasteiger partial charge >= 0.3 is 0 Å². The fraction of sp³-hybridized carbons (Fsp3) is 0.143. The number of amides is 3. The number of carbonyl (C=O) groups is 3. The maximum Gasteiger partial charge on any atom is 0.267 e. The second-order valence-electron chi connectivity index (χ2n) is 6.42. The number of aromatic nitrogens is 1. The Morgan fingerprint density at radius 1 is 1.00 bits per heavy atom. The van der Waals surface area contributed by atoms with Crippen molar-refractivity contribution in [1.29, 1.82) is 0 Å². The molecule has 0 radical (unpaired) electrons. The lowest BCUT2D eigenvalue weighted by Crippen LogP contribution is -2.28. The summed E-state index contributed by atoms with van der Waals surface area (Å²) in [6.45, 7) is 0.265. The summed E-state index contributed by atoms with van der Waals surface area (Å²) in [5.41, 5.74) is 2.45. The Balaban J connectivity index is 1.40. The number of hydrogen-bond donors (Lipinski definition) is 1. The summed E-state index contributed by atoms with van der Waals surface area (Å²) in [4.78, 5) is 42.0. The van der Waals surface area contributed by atoms with Gasteiger partial charge in [-0.25, -0.2) is 4.98 Å². The standard InChI is InChI=1S/C21H17N3O3S/c25-18-10-11-19(26)24(18)13-14-6-8-16(9-7-14)23-20(27)17-12-22-21(28-17)15-4-2-1-3-5-15/h1-9,12H,10-11,13H2,(H,23,27). The van der Waals surface area contributed by atoms with Gasteiger partial charge in [0, 0.05) is 24.1 Å². The van der Waals surface area contributed by atoms with E-state index in [1.807, 2.05) is 30.3 Å². The van der Waals surface area contributed by atoms with E-state index in [0.717, 1.165) is 16.1 Å². The van der Waals surface area contributed by atoms with Crippen molar-refractivity contribution in [3.05, 3.63) is 71.2 Å². The molecule has 1 aliphatic rings. The van der Waals surface area contributed by atoms with Gasteiger partial charge in [0.2, 0.25) is 11.8 Å². The van der Waals surface area contributed by atoms with E-state index in [2.05, 4.69) is 10.3 Å². The van der Waals surface area contributed by atoms with Crippen molar-refractivity contribution in [1.82, 2.24) is 9.88 Å². The molecule has 1 fully saturated rings. The molecule has 0 saturated carbocycles. The molecule has 1 aromatic heterocycles. The van der Waals surface area contributed by atoms with Gasteiger partial charge in [-0.3, -0.25) is 19.3 Å². The van der Waals surface area contributed by atoms with Crippen LogP contribution in [0, 0.1) is 0 Å². The van der Waals surface area contributed by atoms with Crippen LogP contribution in [0.4, 0.5) is 5.69 Å². The van der Waals surface area contributed by atoms with Crippen LogP contribution in [0.25, 0.3) is 10.6 Å². The van der Waals surface area contributed by atoms with Gasteiger partial charge in [0.15, 0.2) is 0 Å². The van der Waals surface area contributed by atoms with Crippen molar-refractivity contribution in [2.45, 2.75) is 19.4 Å². The molecule has 3 aromatic rings. The van der Waals surface area contributed by atoms with E-state index in [4.69, 9.17) is 0 Å². The van der Waals surface area contributed by atoms with Gasteiger partial charge in [0.25, 0.3) is 5.91 Å². The third-order valence-electron chi connectivity index (χ3n) is 4.46. The number of nitrogens with one attached hydrogen (secondary N) is 1. The molecule has 0 unspecified atom stereocenters. The lowest BCUT2D eigenvalue weighted by Gasteiger charge is -2.14. The second kappa shape index (κ2) is 7.74. The van der Waals surface area contributed by atoms with Crippen molar-refractivity contribution in [3.63, 3.8) is 0 Å². The zero-order valence-electron chi connectivity index (χ0n) is 14.9. The molecule has 0 spiro atoms. The molecular weight excluding hydrogens is 374 g/mol. The van der Waals surface area contributed by atoms with Gasteiger partial charge < -0.3 is 5.32 Å². The molecule has 28 heavy (non-hydrogen) atoms. The van der Waals surface area contributed by atoms with E-state index in [-0.39, 0.29) is 37.1 Å². The fourth-order valence-corrected chi connectivity index (χ4v) is 3.78. The van der Waals surface area contributed by atoms with Crippen molar-refractivity contribution < 1.29 is 14.4 Å². The van der Waals surface area contributed by atoms with Crippen LogP contribution in [0.15, 0.2) is 60.8 Å². The largest absolute Gasteiger partial charge is 0.321 e. The third-order valence-corrected chi connectivity index (χ3v) is 5.50. The van der Waals surface area contributed by atoms with Crippen LogP contribution in [0.5, 0.6) is 0 Å². The molecule has 140 valence electrons. The van der Waals surface area contributed by atoms with Crippen LogP contribution in [0.1, 0.15) is 28.1 Å². The molecule has 0 aliphatic carbocycles. The number of anilines is 1. The highest BCUT2D eigenvalue weighted by molar-refractivity contribution is 7.17. The predicted octanol–water partition coefficient (Wildman–Crippen LogP) is 3.71. The van der Waals surface area contributed by atoms with Crippen LogP contribution < -0.4 is 5.32 Å². The third kappa shape index (κ3) is 3.84. The zero-order valence-corrected chi connectivity index (χ0v) is 15.7. The summed E-state index contributed by atoms with van der Waals surface area (Å²) in [5, 5.41) is 3.64. The molecule has 3 amide bonds. The molecular formula is C21H17N3O3S. The number of benzene rings is 2. The topological polar surface area (TPSA) is 79.4 Å². The van der Waals surface area contributed by atoms with Crippen LogP contribution >= 0.6 is 11.3 Å². The van der Waals surface area contributed by atoms with Crippen molar-refractivity contribution >= 4 is 34.7 Å². The van der Waals surface area contributed by atoms with E-state index in [1.165, 1.54) is 16.2 Å². The summed E-state index contributed by atoms with van der Waals surface area (Å²) >= 11 is 1.33. The fourth-order valence-electron chi connectivity index (χ4n) is 2.96. The Bertz CT molecular complexity index is 1010. The normalized spacial score (nSPS) is 13.8. The molecule has 2 heterocycles.